The van der Waals surface area contributed by atoms with Crippen molar-refractivity contribution in [3.63, 3.8) is 0 Å². The molecule has 2 heterocycles. The summed E-state index contributed by atoms with van der Waals surface area (Å²) in [4.78, 5) is 32.6. The molecule has 124 valence electrons. The van der Waals surface area contributed by atoms with Crippen molar-refractivity contribution >= 4 is 11.7 Å². The minimum Gasteiger partial charge on any atom is -0.336 e. The van der Waals surface area contributed by atoms with Crippen LogP contribution in [0.2, 0.25) is 0 Å². The molecule has 1 saturated heterocycles. The molecule has 0 spiro atoms. The van der Waals surface area contributed by atoms with Gasteiger partial charge in [-0.3, -0.25) is 19.5 Å². The third kappa shape index (κ3) is 3.86. The largest absolute Gasteiger partial charge is 0.336 e. The minimum atomic E-state index is 0.00705. The maximum absolute atomic E-state index is 12.4. The third-order valence-electron chi connectivity index (χ3n) is 4.31. The normalized spacial score (nSPS) is 15.3. The number of nitrogens with zero attached hydrogens (tertiary/aromatic N) is 3. The maximum atomic E-state index is 12.4. The lowest BCUT2D eigenvalue weighted by Gasteiger charge is -2.34. The Morgan fingerprint density at radius 1 is 1.00 bits per heavy atom. The van der Waals surface area contributed by atoms with Crippen LogP contribution in [0.3, 0.4) is 0 Å². The van der Waals surface area contributed by atoms with Gasteiger partial charge < -0.3 is 4.90 Å². The first-order chi connectivity index (χ1) is 11.6. The van der Waals surface area contributed by atoms with Crippen LogP contribution >= 0.6 is 0 Å². The standard InChI is InChI=1S/C19H21N3O2/c1-15-4-6-16(7-5-15)18(23)14-21-9-11-22(12-10-21)19(24)17-3-2-8-20-13-17/h2-8,13H,9-12,14H2,1H3. The van der Waals surface area contributed by atoms with Gasteiger partial charge in [-0.05, 0) is 19.1 Å². The van der Waals surface area contributed by atoms with E-state index in [0.717, 1.165) is 11.1 Å². The minimum absolute atomic E-state index is 0.00705. The number of aryl methyl sites for hydroxylation is 1. The number of piperazine rings is 1. The molecule has 0 bridgehead atoms. The maximum Gasteiger partial charge on any atom is 0.255 e. The number of Topliss-reactive ketones (excluding diaryl/α,β-unsaturated/α-hetero) is 1. The van der Waals surface area contributed by atoms with Crippen LogP contribution < -0.4 is 0 Å². The van der Waals surface area contributed by atoms with Crippen LogP contribution in [0.25, 0.3) is 0 Å². The Hall–Kier alpha value is -2.53. The monoisotopic (exact) mass is 323 g/mol. The Morgan fingerprint density at radius 3 is 2.33 bits per heavy atom. The molecule has 0 N–H and O–H groups in total. The van der Waals surface area contributed by atoms with Crippen molar-refractivity contribution in [1.82, 2.24) is 14.8 Å². The summed E-state index contributed by atoms with van der Waals surface area (Å²) >= 11 is 0. The lowest BCUT2D eigenvalue weighted by molar-refractivity contribution is 0.0624. The lowest BCUT2D eigenvalue weighted by atomic mass is 10.1. The molecule has 0 saturated carbocycles. The fourth-order valence-corrected chi connectivity index (χ4v) is 2.81. The zero-order chi connectivity index (χ0) is 16.9. The average Bonchev–Trinajstić information content (AvgIpc) is 2.63. The number of ketones is 1. The van der Waals surface area contributed by atoms with E-state index in [9.17, 15) is 9.59 Å². The molecular weight excluding hydrogens is 302 g/mol. The van der Waals surface area contributed by atoms with Crippen LogP contribution in [0.4, 0.5) is 0 Å². The smallest absolute Gasteiger partial charge is 0.255 e. The number of benzene rings is 1. The Morgan fingerprint density at radius 2 is 1.71 bits per heavy atom. The first-order valence-electron chi connectivity index (χ1n) is 8.15. The van der Waals surface area contributed by atoms with Crippen molar-refractivity contribution in [1.29, 1.82) is 0 Å². The van der Waals surface area contributed by atoms with E-state index in [2.05, 4.69) is 9.88 Å². The molecule has 0 atom stereocenters. The number of hydrogen-bond acceptors (Lipinski definition) is 4. The lowest BCUT2D eigenvalue weighted by Crippen LogP contribution is -2.49. The summed E-state index contributed by atoms with van der Waals surface area (Å²) in [6.07, 6.45) is 3.25. The Balaban J connectivity index is 1.53. The highest BCUT2D eigenvalue weighted by Crippen LogP contribution is 2.10. The number of amides is 1. The first kappa shape index (κ1) is 16.3. The summed E-state index contributed by atoms with van der Waals surface area (Å²) in [5.74, 6) is 0.134. The predicted octanol–water partition coefficient (Wildman–Crippen LogP) is 2.03. The van der Waals surface area contributed by atoms with Gasteiger partial charge in [0.2, 0.25) is 0 Å². The molecule has 3 rings (SSSR count). The molecule has 1 aliphatic heterocycles. The van der Waals surface area contributed by atoms with Gasteiger partial charge in [0.1, 0.15) is 0 Å². The summed E-state index contributed by atoms with van der Waals surface area (Å²) in [5, 5.41) is 0. The SMILES string of the molecule is Cc1ccc(C(=O)CN2CCN(C(=O)c3cccnc3)CC2)cc1. The second-order valence-corrected chi connectivity index (χ2v) is 6.10. The summed E-state index contributed by atoms with van der Waals surface area (Å²) in [6, 6.07) is 11.2. The van der Waals surface area contributed by atoms with Crippen LogP contribution in [-0.2, 0) is 0 Å². The fourth-order valence-electron chi connectivity index (χ4n) is 2.81. The first-order valence-corrected chi connectivity index (χ1v) is 8.15. The zero-order valence-electron chi connectivity index (χ0n) is 13.8. The molecule has 1 aliphatic rings. The van der Waals surface area contributed by atoms with Gasteiger partial charge in [0.15, 0.2) is 5.78 Å². The van der Waals surface area contributed by atoms with Gasteiger partial charge in [-0.2, -0.15) is 0 Å². The van der Waals surface area contributed by atoms with Gasteiger partial charge in [-0.1, -0.05) is 29.8 Å². The molecule has 1 aromatic heterocycles. The second-order valence-electron chi connectivity index (χ2n) is 6.10. The number of rotatable bonds is 4. The number of pyridine rings is 1. The molecule has 0 aliphatic carbocycles. The molecule has 1 fully saturated rings. The van der Waals surface area contributed by atoms with Crippen molar-refractivity contribution in [2.75, 3.05) is 32.7 Å². The van der Waals surface area contributed by atoms with Gasteiger partial charge in [-0.25, -0.2) is 0 Å². The van der Waals surface area contributed by atoms with Crippen molar-refractivity contribution in [3.05, 3.63) is 65.5 Å². The van der Waals surface area contributed by atoms with Gasteiger partial charge >= 0.3 is 0 Å². The number of carbonyl (C=O) groups is 2. The molecule has 5 heteroatoms. The molecule has 2 aromatic rings. The predicted molar refractivity (Wildman–Crippen MR) is 92.1 cm³/mol. The molecule has 24 heavy (non-hydrogen) atoms. The fraction of sp³-hybridized carbons (Fsp3) is 0.316. The van der Waals surface area contributed by atoms with E-state index in [4.69, 9.17) is 0 Å². The quantitative estimate of drug-likeness (QED) is 0.808. The van der Waals surface area contributed by atoms with Gasteiger partial charge in [0.25, 0.3) is 5.91 Å². The van der Waals surface area contributed by atoms with E-state index < -0.39 is 0 Å². The molecule has 5 nitrogen and oxygen atoms in total. The summed E-state index contributed by atoms with van der Waals surface area (Å²) in [6.45, 7) is 5.10. The van der Waals surface area contributed by atoms with E-state index >= 15 is 0 Å². The van der Waals surface area contributed by atoms with Gasteiger partial charge in [-0.15, -0.1) is 0 Å². The number of hydrogen-bond donors (Lipinski definition) is 0. The summed E-state index contributed by atoms with van der Waals surface area (Å²) in [7, 11) is 0. The van der Waals surface area contributed by atoms with E-state index in [1.54, 1.807) is 24.5 Å². The van der Waals surface area contributed by atoms with Crippen LogP contribution in [0.1, 0.15) is 26.3 Å². The highest BCUT2D eigenvalue weighted by Gasteiger charge is 2.23. The van der Waals surface area contributed by atoms with Crippen molar-refractivity contribution < 1.29 is 9.59 Å². The number of aromatic nitrogens is 1. The third-order valence-corrected chi connectivity index (χ3v) is 4.31. The average molecular weight is 323 g/mol. The van der Waals surface area contributed by atoms with Crippen LogP contribution in [0.5, 0.6) is 0 Å². The highest BCUT2D eigenvalue weighted by atomic mass is 16.2. The molecule has 1 amide bonds. The topological polar surface area (TPSA) is 53.5 Å². The summed E-state index contributed by atoms with van der Waals surface area (Å²) in [5.41, 5.74) is 2.50. The highest BCUT2D eigenvalue weighted by molar-refractivity contribution is 5.97. The van der Waals surface area contributed by atoms with Crippen LogP contribution in [-0.4, -0.2) is 59.2 Å². The molecule has 0 radical (unpaired) electrons. The van der Waals surface area contributed by atoms with Gasteiger partial charge in [0, 0.05) is 44.1 Å². The molecule has 1 aromatic carbocycles. The zero-order valence-corrected chi connectivity index (χ0v) is 13.8. The number of carbonyl (C=O) groups excluding carboxylic acids is 2. The van der Waals surface area contributed by atoms with Crippen LogP contribution in [0, 0.1) is 6.92 Å². The second kappa shape index (κ2) is 7.36. The summed E-state index contributed by atoms with van der Waals surface area (Å²) < 4.78 is 0. The van der Waals surface area contributed by atoms with Gasteiger partial charge in [0.05, 0.1) is 12.1 Å². The van der Waals surface area contributed by atoms with E-state index in [0.29, 0.717) is 38.3 Å². The Labute approximate surface area is 141 Å². The van der Waals surface area contributed by atoms with Crippen molar-refractivity contribution in [2.45, 2.75) is 6.92 Å². The van der Waals surface area contributed by atoms with Crippen LogP contribution in [0.15, 0.2) is 48.8 Å². The van der Waals surface area contributed by atoms with Crippen molar-refractivity contribution in [2.24, 2.45) is 0 Å². The van der Waals surface area contributed by atoms with E-state index in [1.807, 2.05) is 36.1 Å². The molecule has 0 unspecified atom stereocenters. The van der Waals surface area contributed by atoms with Crippen molar-refractivity contribution in [3.8, 4) is 0 Å². The molecular formula is C19H21N3O2. The van der Waals surface area contributed by atoms with E-state index in [1.165, 1.54) is 0 Å². The Bertz CT molecular complexity index is 705. The Kier molecular flexibility index (Phi) is 5.01. The van der Waals surface area contributed by atoms with E-state index in [-0.39, 0.29) is 11.7 Å².